The highest BCUT2D eigenvalue weighted by Gasteiger charge is 2.30. The maximum Gasteiger partial charge on any atom is 0.261 e. The molecule has 3 aromatic rings. The van der Waals surface area contributed by atoms with Gasteiger partial charge in [0.25, 0.3) is 5.91 Å². The fourth-order valence-corrected chi connectivity index (χ4v) is 3.48. The first kappa shape index (κ1) is 20.5. The van der Waals surface area contributed by atoms with Crippen molar-refractivity contribution in [2.75, 3.05) is 31.6 Å². The van der Waals surface area contributed by atoms with Crippen LogP contribution in [0.3, 0.4) is 0 Å². The number of rotatable bonds is 6. The number of nitrogens with zero attached hydrogens (tertiary/aromatic N) is 3. The SMILES string of the molecule is CC(=O)Nc1cccc(-c2n[nH]c([C@H]3CNCCN3C(=O)COc3ccccc3)n2)c1. The van der Waals surface area contributed by atoms with Gasteiger partial charge in [-0.25, -0.2) is 4.98 Å². The van der Waals surface area contributed by atoms with E-state index in [1.807, 2.05) is 48.5 Å². The second-order valence-corrected chi connectivity index (χ2v) is 7.22. The number of carbonyl (C=O) groups excluding carboxylic acids is 2. The van der Waals surface area contributed by atoms with Crippen LogP contribution < -0.4 is 15.4 Å². The van der Waals surface area contributed by atoms with Gasteiger partial charge in [0.1, 0.15) is 17.6 Å². The molecule has 4 rings (SSSR count). The summed E-state index contributed by atoms with van der Waals surface area (Å²) in [4.78, 5) is 30.5. The van der Waals surface area contributed by atoms with E-state index in [0.717, 1.165) is 5.56 Å². The third-order valence-electron chi connectivity index (χ3n) is 4.93. The lowest BCUT2D eigenvalue weighted by Gasteiger charge is -2.34. The molecule has 3 N–H and O–H groups in total. The lowest BCUT2D eigenvalue weighted by molar-refractivity contribution is -0.137. The molecule has 0 radical (unpaired) electrons. The molecule has 0 aliphatic carbocycles. The quantitative estimate of drug-likeness (QED) is 0.562. The predicted molar refractivity (Wildman–Crippen MR) is 115 cm³/mol. The number of H-pyrrole nitrogens is 1. The van der Waals surface area contributed by atoms with E-state index >= 15 is 0 Å². The molecular formula is C22H24N6O3. The lowest BCUT2D eigenvalue weighted by atomic mass is 10.1. The van der Waals surface area contributed by atoms with Crippen molar-refractivity contribution >= 4 is 17.5 Å². The van der Waals surface area contributed by atoms with E-state index in [1.54, 1.807) is 11.0 Å². The molecule has 2 aromatic carbocycles. The zero-order chi connectivity index (χ0) is 21.6. The fraction of sp³-hybridized carbons (Fsp3) is 0.273. The van der Waals surface area contributed by atoms with Gasteiger partial charge in [0.15, 0.2) is 12.4 Å². The van der Waals surface area contributed by atoms with Gasteiger partial charge in [-0.1, -0.05) is 30.3 Å². The number of anilines is 1. The molecule has 0 spiro atoms. The normalized spacial score (nSPS) is 16.0. The molecule has 0 unspecified atom stereocenters. The third kappa shape index (κ3) is 5.07. The van der Waals surface area contributed by atoms with Crippen LogP contribution in [0.1, 0.15) is 18.8 Å². The molecule has 1 aliphatic heterocycles. The summed E-state index contributed by atoms with van der Waals surface area (Å²) in [5.41, 5.74) is 1.44. The van der Waals surface area contributed by atoms with Crippen molar-refractivity contribution in [1.82, 2.24) is 25.4 Å². The van der Waals surface area contributed by atoms with Crippen LogP contribution in [0.5, 0.6) is 5.75 Å². The Bertz CT molecular complexity index is 1050. The molecule has 9 heteroatoms. The average molecular weight is 420 g/mol. The Kier molecular flexibility index (Phi) is 6.23. The first-order chi connectivity index (χ1) is 15.1. The van der Waals surface area contributed by atoms with Crippen molar-refractivity contribution in [3.63, 3.8) is 0 Å². The van der Waals surface area contributed by atoms with Gasteiger partial charge in [-0.05, 0) is 24.3 Å². The molecule has 0 bridgehead atoms. The standard InChI is InChI=1S/C22H24N6O3/c1-15(29)24-17-7-5-6-16(12-17)21-25-22(27-26-21)19-13-23-10-11-28(19)20(30)14-31-18-8-3-2-4-9-18/h2-9,12,19,23H,10-11,13-14H2,1H3,(H,24,29)(H,25,26,27)/t19-/m1/s1. The van der Waals surface area contributed by atoms with E-state index in [0.29, 0.717) is 42.7 Å². The van der Waals surface area contributed by atoms with Gasteiger partial charge in [0.2, 0.25) is 5.91 Å². The van der Waals surface area contributed by atoms with Crippen LogP contribution >= 0.6 is 0 Å². The molecule has 1 saturated heterocycles. The van der Waals surface area contributed by atoms with Crippen LogP contribution in [0.2, 0.25) is 0 Å². The van der Waals surface area contributed by atoms with E-state index in [2.05, 4.69) is 25.8 Å². The van der Waals surface area contributed by atoms with Gasteiger partial charge in [-0.2, -0.15) is 5.10 Å². The maximum absolute atomic E-state index is 12.9. The number of benzene rings is 2. The Morgan fingerprint density at radius 1 is 1.19 bits per heavy atom. The Hall–Kier alpha value is -3.72. The van der Waals surface area contributed by atoms with Crippen molar-refractivity contribution in [2.45, 2.75) is 13.0 Å². The first-order valence-corrected chi connectivity index (χ1v) is 10.1. The largest absolute Gasteiger partial charge is 0.484 e. The minimum atomic E-state index is -0.277. The van der Waals surface area contributed by atoms with Crippen molar-refractivity contribution in [3.8, 4) is 17.1 Å². The summed E-state index contributed by atoms with van der Waals surface area (Å²) < 4.78 is 5.63. The zero-order valence-corrected chi connectivity index (χ0v) is 17.2. The summed E-state index contributed by atoms with van der Waals surface area (Å²) in [5, 5.41) is 13.3. The second kappa shape index (κ2) is 9.40. The highest BCUT2D eigenvalue weighted by Crippen LogP contribution is 2.24. The second-order valence-electron chi connectivity index (χ2n) is 7.22. The zero-order valence-electron chi connectivity index (χ0n) is 17.2. The van der Waals surface area contributed by atoms with Gasteiger partial charge < -0.3 is 20.3 Å². The van der Waals surface area contributed by atoms with Gasteiger partial charge in [-0.3, -0.25) is 14.7 Å². The number of carbonyl (C=O) groups is 2. The number of amides is 2. The monoisotopic (exact) mass is 420 g/mol. The summed E-state index contributed by atoms with van der Waals surface area (Å²) in [6.07, 6.45) is 0. The smallest absolute Gasteiger partial charge is 0.261 e. The van der Waals surface area contributed by atoms with Crippen LogP contribution in [0.25, 0.3) is 11.4 Å². The number of hydrogen-bond donors (Lipinski definition) is 3. The van der Waals surface area contributed by atoms with Gasteiger partial charge >= 0.3 is 0 Å². The number of aromatic amines is 1. The number of hydrogen-bond acceptors (Lipinski definition) is 6. The molecule has 0 saturated carbocycles. The van der Waals surface area contributed by atoms with E-state index < -0.39 is 0 Å². The number of aromatic nitrogens is 3. The van der Waals surface area contributed by atoms with E-state index in [9.17, 15) is 9.59 Å². The molecule has 9 nitrogen and oxygen atoms in total. The minimum absolute atomic E-state index is 0.0414. The molecule has 1 aliphatic rings. The van der Waals surface area contributed by atoms with Crippen LogP contribution in [-0.4, -0.2) is 58.1 Å². The van der Waals surface area contributed by atoms with Crippen molar-refractivity contribution in [2.24, 2.45) is 0 Å². The van der Waals surface area contributed by atoms with Gasteiger partial charge in [0, 0.05) is 37.8 Å². The number of para-hydroxylation sites is 1. The summed E-state index contributed by atoms with van der Waals surface area (Å²) in [7, 11) is 0. The lowest BCUT2D eigenvalue weighted by Crippen LogP contribution is -2.50. The Balaban J connectivity index is 1.48. The molecule has 1 atom stereocenters. The number of nitrogens with one attached hydrogen (secondary N) is 3. The van der Waals surface area contributed by atoms with Gasteiger partial charge in [-0.15, -0.1) is 0 Å². The predicted octanol–water partition coefficient (Wildman–Crippen LogP) is 1.98. The Morgan fingerprint density at radius 3 is 2.84 bits per heavy atom. The van der Waals surface area contributed by atoms with Crippen LogP contribution in [0.4, 0.5) is 5.69 Å². The average Bonchev–Trinajstić information content (AvgIpc) is 3.28. The Morgan fingerprint density at radius 2 is 2.03 bits per heavy atom. The number of piperazine rings is 1. The van der Waals surface area contributed by atoms with E-state index in [1.165, 1.54) is 6.92 Å². The summed E-state index contributed by atoms with van der Waals surface area (Å²) in [5.74, 6) is 1.50. The van der Waals surface area contributed by atoms with E-state index in [4.69, 9.17) is 4.74 Å². The molecule has 2 heterocycles. The number of ether oxygens (including phenoxy) is 1. The first-order valence-electron chi connectivity index (χ1n) is 10.1. The highest BCUT2D eigenvalue weighted by atomic mass is 16.5. The van der Waals surface area contributed by atoms with Crippen LogP contribution in [-0.2, 0) is 9.59 Å². The van der Waals surface area contributed by atoms with Crippen molar-refractivity contribution in [1.29, 1.82) is 0 Å². The van der Waals surface area contributed by atoms with Crippen LogP contribution in [0, 0.1) is 0 Å². The van der Waals surface area contributed by atoms with Gasteiger partial charge in [0.05, 0.1) is 0 Å². The molecule has 2 amide bonds. The highest BCUT2D eigenvalue weighted by molar-refractivity contribution is 5.89. The molecular weight excluding hydrogens is 396 g/mol. The van der Waals surface area contributed by atoms with E-state index in [-0.39, 0.29) is 24.5 Å². The fourth-order valence-electron chi connectivity index (χ4n) is 3.48. The summed E-state index contributed by atoms with van der Waals surface area (Å²) >= 11 is 0. The maximum atomic E-state index is 12.9. The van der Waals surface area contributed by atoms with Crippen LogP contribution in [0.15, 0.2) is 54.6 Å². The summed E-state index contributed by atoms with van der Waals surface area (Å²) in [6, 6.07) is 16.3. The van der Waals surface area contributed by atoms with Crippen molar-refractivity contribution in [3.05, 3.63) is 60.4 Å². The molecule has 1 fully saturated rings. The third-order valence-corrected chi connectivity index (χ3v) is 4.93. The molecule has 1 aromatic heterocycles. The molecule has 31 heavy (non-hydrogen) atoms. The minimum Gasteiger partial charge on any atom is -0.484 e. The summed E-state index contributed by atoms with van der Waals surface area (Å²) in [6.45, 7) is 3.24. The Labute approximate surface area is 179 Å². The molecule has 160 valence electrons. The topological polar surface area (TPSA) is 112 Å². The van der Waals surface area contributed by atoms with Crippen molar-refractivity contribution < 1.29 is 14.3 Å².